The molecule has 8 nitrogen and oxygen atoms in total. The molecule has 1 aromatic carbocycles. The van der Waals surface area contributed by atoms with Gasteiger partial charge in [-0.25, -0.2) is 15.0 Å². The number of aliphatic imine (C=N–C) groups is 1. The summed E-state index contributed by atoms with van der Waals surface area (Å²) in [7, 11) is 1.61. The zero-order valence-corrected chi connectivity index (χ0v) is 18.0. The number of ketones is 1. The van der Waals surface area contributed by atoms with E-state index in [2.05, 4.69) is 15.0 Å². The Morgan fingerprint density at radius 1 is 1.29 bits per heavy atom. The van der Waals surface area contributed by atoms with E-state index in [1.807, 2.05) is 50.3 Å². The summed E-state index contributed by atoms with van der Waals surface area (Å²) < 4.78 is 5.45. The second-order valence-corrected chi connectivity index (χ2v) is 7.60. The third-order valence-corrected chi connectivity index (χ3v) is 5.13. The number of nitrogens with zero attached hydrogens (tertiary/aromatic N) is 4. The van der Waals surface area contributed by atoms with Gasteiger partial charge in [-0.3, -0.25) is 14.5 Å². The molecule has 1 atom stereocenters. The number of carbonyl (C=O) groups excluding carboxylic acids is 2. The van der Waals surface area contributed by atoms with Crippen LogP contribution in [0.5, 0.6) is 5.88 Å². The quantitative estimate of drug-likeness (QED) is 0.518. The molecule has 0 saturated carbocycles. The molecule has 0 saturated heterocycles. The van der Waals surface area contributed by atoms with Gasteiger partial charge in [0.05, 0.1) is 24.4 Å². The minimum Gasteiger partial charge on any atom is -0.472 e. The summed E-state index contributed by atoms with van der Waals surface area (Å²) in [6.07, 6.45) is 8.09. The van der Waals surface area contributed by atoms with Crippen molar-refractivity contribution in [1.29, 1.82) is 0 Å². The van der Waals surface area contributed by atoms with E-state index < -0.39 is 5.54 Å². The Morgan fingerprint density at radius 3 is 2.77 bits per heavy atom. The monoisotopic (exact) mass is 421 g/mol. The topological polar surface area (TPSA) is 111 Å². The first-order valence-corrected chi connectivity index (χ1v) is 10.2. The van der Waals surface area contributed by atoms with E-state index in [0.717, 1.165) is 17.5 Å². The van der Waals surface area contributed by atoms with E-state index in [1.54, 1.807) is 7.05 Å². The van der Waals surface area contributed by atoms with Crippen LogP contribution >= 0.6 is 0 Å². The van der Waals surface area contributed by atoms with Crippen molar-refractivity contribution in [2.75, 3.05) is 13.7 Å². The minimum absolute atomic E-state index is 0.0979. The summed E-state index contributed by atoms with van der Waals surface area (Å²) in [5, 5.41) is 0. The van der Waals surface area contributed by atoms with Gasteiger partial charge in [0.15, 0.2) is 11.7 Å². The summed E-state index contributed by atoms with van der Waals surface area (Å²) in [6, 6.07) is 7.49. The Kier molecular flexibility index (Phi) is 6.79. The maximum absolute atomic E-state index is 12.7. The van der Waals surface area contributed by atoms with Gasteiger partial charge < -0.3 is 10.5 Å². The standard InChI is InChI=1S/C23H27N5O3/c1-4-5-6-10-31-20-15-25-18(14-26-20)19(29)12-16-8-7-9-17(11-16)23(2)13-21(30)28(3)22(24)27-23/h5-9,11,14-15H,4,10,12-13H2,1-3H3,(H2,24,27)/b6-5-. The number of nitrogens with two attached hydrogens (primary N) is 1. The molecule has 2 heterocycles. The van der Waals surface area contributed by atoms with E-state index in [0.29, 0.717) is 12.5 Å². The summed E-state index contributed by atoms with van der Waals surface area (Å²) in [4.78, 5) is 39.1. The van der Waals surface area contributed by atoms with Gasteiger partial charge in [-0.05, 0) is 24.5 Å². The van der Waals surface area contributed by atoms with E-state index in [1.165, 1.54) is 17.3 Å². The second-order valence-electron chi connectivity index (χ2n) is 7.60. The summed E-state index contributed by atoms with van der Waals surface area (Å²) in [6.45, 7) is 4.32. The highest BCUT2D eigenvalue weighted by Gasteiger charge is 2.36. The van der Waals surface area contributed by atoms with Crippen LogP contribution in [0.4, 0.5) is 0 Å². The molecule has 1 aliphatic heterocycles. The fraction of sp³-hybridized carbons (Fsp3) is 0.348. The maximum atomic E-state index is 12.7. The Bertz CT molecular complexity index is 1020. The molecule has 1 unspecified atom stereocenters. The third-order valence-electron chi connectivity index (χ3n) is 5.13. The lowest BCUT2D eigenvalue weighted by Gasteiger charge is -2.33. The van der Waals surface area contributed by atoms with Crippen LogP contribution in [-0.4, -0.2) is 46.2 Å². The highest BCUT2D eigenvalue weighted by molar-refractivity contribution is 5.99. The van der Waals surface area contributed by atoms with E-state index in [4.69, 9.17) is 10.5 Å². The SMILES string of the molecule is CC/C=C\COc1cnc(C(=O)Cc2cccc(C3(C)CC(=O)N(C)C(N)=N3)c2)cn1. The number of aromatic nitrogens is 2. The highest BCUT2D eigenvalue weighted by atomic mass is 16.5. The molecule has 2 N–H and O–H groups in total. The first-order valence-electron chi connectivity index (χ1n) is 10.2. The normalized spacial score (nSPS) is 18.9. The molecular formula is C23H27N5O3. The molecule has 0 bridgehead atoms. The highest BCUT2D eigenvalue weighted by Crippen LogP contribution is 2.33. The molecule has 0 radical (unpaired) electrons. The molecule has 2 aromatic rings. The van der Waals surface area contributed by atoms with Crippen LogP contribution in [-0.2, 0) is 16.8 Å². The number of benzene rings is 1. The van der Waals surface area contributed by atoms with Gasteiger partial charge in [-0.1, -0.05) is 43.3 Å². The zero-order valence-electron chi connectivity index (χ0n) is 18.0. The van der Waals surface area contributed by atoms with Crippen LogP contribution in [0.3, 0.4) is 0 Å². The number of rotatable bonds is 8. The average Bonchev–Trinajstić information content (AvgIpc) is 2.75. The van der Waals surface area contributed by atoms with E-state index >= 15 is 0 Å². The Hall–Kier alpha value is -3.55. The fourth-order valence-corrected chi connectivity index (χ4v) is 3.27. The molecule has 0 aliphatic carbocycles. The van der Waals surface area contributed by atoms with Crippen molar-refractivity contribution in [3.63, 3.8) is 0 Å². The van der Waals surface area contributed by atoms with Crippen molar-refractivity contribution in [3.05, 3.63) is 65.6 Å². The van der Waals surface area contributed by atoms with Crippen molar-refractivity contribution in [3.8, 4) is 5.88 Å². The molecule has 0 spiro atoms. The number of hydrogen-bond acceptors (Lipinski definition) is 7. The van der Waals surface area contributed by atoms with Crippen molar-refractivity contribution < 1.29 is 14.3 Å². The lowest BCUT2D eigenvalue weighted by molar-refractivity contribution is -0.128. The molecule has 162 valence electrons. The molecule has 1 amide bonds. The van der Waals surface area contributed by atoms with E-state index in [-0.39, 0.29) is 36.2 Å². The first-order chi connectivity index (χ1) is 14.8. The van der Waals surface area contributed by atoms with Gasteiger partial charge in [0.2, 0.25) is 11.8 Å². The molecule has 8 heteroatoms. The predicted molar refractivity (Wildman–Crippen MR) is 118 cm³/mol. The van der Waals surface area contributed by atoms with Gasteiger partial charge >= 0.3 is 0 Å². The lowest BCUT2D eigenvalue weighted by Crippen LogP contribution is -2.47. The smallest absolute Gasteiger partial charge is 0.232 e. The summed E-state index contributed by atoms with van der Waals surface area (Å²) in [5.41, 5.74) is 7.04. The number of guanidine groups is 1. The first kappa shape index (κ1) is 22.1. The van der Waals surface area contributed by atoms with Crippen molar-refractivity contribution in [1.82, 2.24) is 14.9 Å². The number of carbonyl (C=O) groups is 2. The Morgan fingerprint density at radius 2 is 2.10 bits per heavy atom. The average molecular weight is 422 g/mol. The molecule has 1 aromatic heterocycles. The summed E-state index contributed by atoms with van der Waals surface area (Å²) >= 11 is 0. The van der Waals surface area contributed by atoms with Crippen molar-refractivity contribution in [2.24, 2.45) is 10.7 Å². The van der Waals surface area contributed by atoms with E-state index in [9.17, 15) is 9.59 Å². The predicted octanol–water partition coefficient (Wildman–Crippen LogP) is 2.64. The number of amides is 1. The molecule has 3 rings (SSSR count). The minimum atomic E-state index is -0.766. The van der Waals surface area contributed by atoms with Gasteiger partial charge in [0, 0.05) is 13.5 Å². The van der Waals surface area contributed by atoms with Crippen molar-refractivity contribution >= 4 is 17.6 Å². The molecular weight excluding hydrogens is 394 g/mol. The number of Topliss-reactive ketones (excluding diaryl/α,β-unsaturated/α-hetero) is 1. The van der Waals surface area contributed by atoms with Crippen LogP contribution in [0.1, 0.15) is 48.3 Å². The number of ether oxygens (including phenoxy) is 1. The number of hydrogen-bond donors (Lipinski definition) is 1. The third kappa shape index (κ3) is 5.33. The van der Waals surface area contributed by atoms with Gasteiger partial charge in [0.1, 0.15) is 12.3 Å². The summed E-state index contributed by atoms with van der Waals surface area (Å²) in [5.74, 6) is 0.298. The maximum Gasteiger partial charge on any atom is 0.232 e. The second kappa shape index (κ2) is 9.51. The largest absolute Gasteiger partial charge is 0.472 e. The molecule has 31 heavy (non-hydrogen) atoms. The van der Waals surface area contributed by atoms with Crippen LogP contribution < -0.4 is 10.5 Å². The fourth-order valence-electron chi connectivity index (χ4n) is 3.27. The Labute approximate surface area is 181 Å². The van der Waals surface area contributed by atoms with Crippen LogP contribution in [0.15, 0.2) is 53.8 Å². The van der Waals surface area contributed by atoms with Crippen LogP contribution in [0.2, 0.25) is 0 Å². The molecule has 0 fully saturated rings. The van der Waals surface area contributed by atoms with Crippen molar-refractivity contribution in [2.45, 2.75) is 38.6 Å². The molecule has 1 aliphatic rings. The van der Waals surface area contributed by atoms with Gasteiger partial charge in [-0.2, -0.15) is 0 Å². The van der Waals surface area contributed by atoms with Gasteiger partial charge in [-0.15, -0.1) is 0 Å². The zero-order chi connectivity index (χ0) is 22.4. The van der Waals surface area contributed by atoms with Gasteiger partial charge in [0.25, 0.3) is 0 Å². The lowest BCUT2D eigenvalue weighted by atomic mass is 9.86. The number of allylic oxidation sites excluding steroid dienone is 1. The Balaban J connectivity index is 1.70. The van der Waals surface area contributed by atoms with Crippen LogP contribution in [0.25, 0.3) is 0 Å². The van der Waals surface area contributed by atoms with Crippen LogP contribution in [0, 0.1) is 0 Å².